The molecule has 0 spiro atoms. The summed E-state index contributed by atoms with van der Waals surface area (Å²) in [6.07, 6.45) is 9.78. The van der Waals surface area contributed by atoms with E-state index in [9.17, 15) is 0 Å². The Morgan fingerprint density at radius 1 is 1.19 bits per heavy atom. The van der Waals surface area contributed by atoms with Crippen LogP contribution in [0.2, 0.25) is 0 Å². The summed E-state index contributed by atoms with van der Waals surface area (Å²) in [7, 11) is 0. The highest BCUT2D eigenvalue weighted by atomic mass is 16.5. The molecule has 123 valence electrons. The van der Waals surface area contributed by atoms with E-state index >= 15 is 0 Å². The van der Waals surface area contributed by atoms with Crippen molar-refractivity contribution in [2.24, 2.45) is 11.8 Å². The van der Waals surface area contributed by atoms with Crippen LogP contribution in [-0.4, -0.2) is 43.4 Å². The van der Waals surface area contributed by atoms with Crippen LogP contribution in [0.3, 0.4) is 0 Å². The third-order valence-corrected chi connectivity index (χ3v) is 5.35. The first-order valence-corrected chi connectivity index (χ1v) is 9.26. The van der Waals surface area contributed by atoms with Crippen molar-refractivity contribution in [1.29, 1.82) is 0 Å². The molecule has 2 aliphatic heterocycles. The predicted molar refractivity (Wildman–Crippen MR) is 88.4 cm³/mol. The van der Waals surface area contributed by atoms with Crippen LogP contribution in [-0.2, 0) is 4.74 Å². The summed E-state index contributed by atoms with van der Waals surface area (Å²) in [5.41, 5.74) is 0. The fourth-order valence-electron chi connectivity index (χ4n) is 3.96. The molecule has 2 aliphatic rings. The van der Waals surface area contributed by atoms with Gasteiger partial charge >= 0.3 is 0 Å². The van der Waals surface area contributed by atoms with E-state index < -0.39 is 0 Å². The Morgan fingerprint density at radius 2 is 2.05 bits per heavy atom. The van der Waals surface area contributed by atoms with Crippen LogP contribution in [0.5, 0.6) is 0 Å². The van der Waals surface area contributed by atoms with E-state index in [1.165, 1.54) is 44.9 Å². The van der Waals surface area contributed by atoms with Gasteiger partial charge in [0, 0.05) is 19.1 Å². The topological polar surface area (TPSA) is 26.6 Å². The second-order valence-electron chi connectivity index (χ2n) is 7.08. The second kappa shape index (κ2) is 9.12. The van der Waals surface area contributed by atoms with Gasteiger partial charge in [-0.1, -0.05) is 52.9 Å². The highest BCUT2D eigenvalue weighted by molar-refractivity contribution is 4.87. The molecule has 3 heteroatoms. The summed E-state index contributed by atoms with van der Waals surface area (Å²) in [6.45, 7) is 10.9. The quantitative estimate of drug-likeness (QED) is 0.670. The largest absolute Gasteiger partial charge is 0.378 e. The van der Waals surface area contributed by atoms with E-state index in [0.29, 0.717) is 18.1 Å². The Bertz CT molecular complexity index is 284. The predicted octanol–water partition coefficient (Wildman–Crippen LogP) is 3.65. The third-order valence-electron chi connectivity index (χ3n) is 5.35. The molecule has 2 saturated heterocycles. The third kappa shape index (κ3) is 4.94. The fraction of sp³-hybridized carbons (Fsp3) is 1.00. The zero-order chi connectivity index (χ0) is 15.1. The van der Waals surface area contributed by atoms with Crippen molar-refractivity contribution in [3.05, 3.63) is 0 Å². The van der Waals surface area contributed by atoms with Gasteiger partial charge in [0.05, 0.1) is 19.4 Å². The number of nitrogens with zero attached hydrogens (tertiary/aromatic N) is 2. The van der Waals surface area contributed by atoms with Crippen molar-refractivity contribution in [2.75, 3.05) is 26.3 Å². The lowest BCUT2D eigenvalue weighted by Gasteiger charge is -2.46. The summed E-state index contributed by atoms with van der Waals surface area (Å²) in [5.74, 6) is 1.53. The van der Waals surface area contributed by atoms with Gasteiger partial charge in [0.1, 0.15) is 0 Å². The molecule has 0 aromatic rings. The van der Waals surface area contributed by atoms with Crippen molar-refractivity contribution in [3.8, 4) is 0 Å². The molecule has 3 nitrogen and oxygen atoms in total. The van der Waals surface area contributed by atoms with Crippen molar-refractivity contribution < 1.29 is 4.74 Å². The Morgan fingerprint density at radius 3 is 2.76 bits per heavy atom. The highest BCUT2D eigenvalue weighted by Crippen LogP contribution is 2.29. The van der Waals surface area contributed by atoms with Gasteiger partial charge in [-0.3, -0.25) is 4.90 Å². The molecule has 2 fully saturated rings. The Labute approximate surface area is 131 Å². The van der Waals surface area contributed by atoms with Crippen LogP contribution in [0.15, 0.2) is 0 Å². The smallest absolute Gasteiger partial charge is 0.0790 e. The lowest BCUT2D eigenvalue weighted by Crippen LogP contribution is -2.58. The molecule has 4 unspecified atom stereocenters. The molecule has 0 aliphatic carbocycles. The molecule has 0 saturated carbocycles. The van der Waals surface area contributed by atoms with E-state index in [1.807, 2.05) is 0 Å². The van der Waals surface area contributed by atoms with Gasteiger partial charge in [0.15, 0.2) is 0 Å². The Hall–Kier alpha value is -0.120. The van der Waals surface area contributed by atoms with Gasteiger partial charge in [0.25, 0.3) is 0 Å². The first-order chi connectivity index (χ1) is 10.3. The molecule has 0 aromatic carbocycles. The van der Waals surface area contributed by atoms with Crippen LogP contribution < -0.4 is 5.32 Å². The minimum Gasteiger partial charge on any atom is -0.378 e. The average molecular weight is 295 g/mol. The first kappa shape index (κ1) is 17.2. The van der Waals surface area contributed by atoms with Crippen molar-refractivity contribution in [1.82, 2.24) is 10.2 Å². The Kier molecular flexibility index (Phi) is 7.48. The van der Waals surface area contributed by atoms with Crippen LogP contribution in [0.25, 0.3) is 0 Å². The number of ether oxygens (including phenoxy) is 1. The van der Waals surface area contributed by atoms with Crippen LogP contribution in [0.1, 0.15) is 65.7 Å². The van der Waals surface area contributed by atoms with Gasteiger partial charge < -0.3 is 4.74 Å². The van der Waals surface area contributed by atoms with Gasteiger partial charge in [-0.25, -0.2) is 5.32 Å². The summed E-state index contributed by atoms with van der Waals surface area (Å²) in [5, 5.41) is 5.05. The Balaban J connectivity index is 1.85. The monoisotopic (exact) mass is 295 g/mol. The van der Waals surface area contributed by atoms with Gasteiger partial charge in [-0.05, 0) is 24.7 Å². The van der Waals surface area contributed by atoms with Gasteiger partial charge in [-0.2, -0.15) is 0 Å². The van der Waals surface area contributed by atoms with Gasteiger partial charge in [0.2, 0.25) is 0 Å². The number of rotatable bonds is 7. The van der Waals surface area contributed by atoms with Crippen molar-refractivity contribution >= 4 is 0 Å². The molecule has 4 atom stereocenters. The standard InChI is InChI=1S/C18H35N2O/c1-4-6-7-8-9-17-14-21-11-10-20(17)18-15(3)12-16(5-2)13-19-18/h15-18H,4-14H2,1-3H3. The van der Waals surface area contributed by atoms with E-state index in [1.54, 1.807) is 0 Å². The van der Waals surface area contributed by atoms with Crippen LogP contribution in [0, 0.1) is 11.8 Å². The number of piperidine rings is 1. The van der Waals surface area contributed by atoms with E-state index in [2.05, 4.69) is 25.7 Å². The number of hydrogen-bond donors (Lipinski definition) is 0. The first-order valence-electron chi connectivity index (χ1n) is 9.26. The maximum Gasteiger partial charge on any atom is 0.0790 e. The molecule has 21 heavy (non-hydrogen) atoms. The maximum absolute atomic E-state index is 5.75. The molecule has 0 amide bonds. The summed E-state index contributed by atoms with van der Waals surface area (Å²) in [6, 6.07) is 0.602. The van der Waals surface area contributed by atoms with Crippen molar-refractivity contribution in [2.45, 2.75) is 77.9 Å². The molecule has 2 rings (SSSR count). The summed E-state index contributed by atoms with van der Waals surface area (Å²) >= 11 is 0. The molecular weight excluding hydrogens is 260 g/mol. The summed E-state index contributed by atoms with van der Waals surface area (Å²) in [4.78, 5) is 2.67. The molecular formula is C18H35N2O. The number of unbranched alkanes of at least 4 members (excludes halogenated alkanes) is 3. The fourth-order valence-corrected chi connectivity index (χ4v) is 3.96. The second-order valence-corrected chi connectivity index (χ2v) is 7.08. The maximum atomic E-state index is 5.75. The number of morpholine rings is 1. The van der Waals surface area contributed by atoms with Crippen molar-refractivity contribution in [3.63, 3.8) is 0 Å². The number of hydrogen-bond acceptors (Lipinski definition) is 2. The normalized spacial score (nSPS) is 35.0. The molecule has 0 aromatic heterocycles. The van der Waals surface area contributed by atoms with E-state index in [-0.39, 0.29) is 0 Å². The minimum absolute atomic E-state index is 0.452. The molecule has 0 bridgehead atoms. The lowest BCUT2D eigenvalue weighted by atomic mass is 9.86. The van der Waals surface area contributed by atoms with E-state index in [4.69, 9.17) is 10.1 Å². The molecule has 2 heterocycles. The SMILES string of the molecule is CCCCCCC1COCCN1C1[N]CC(CC)CC1C. The highest BCUT2D eigenvalue weighted by Gasteiger charge is 2.36. The van der Waals surface area contributed by atoms with Gasteiger partial charge in [-0.15, -0.1) is 0 Å². The zero-order valence-corrected chi connectivity index (χ0v) is 14.4. The summed E-state index contributed by atoms with van der Waals surface area (Å²) < 4.78 is 5.75. The van der Waals surface area contributed by atoms with Crippen LogP contribution in [0.4, 0.5) is 0 Å². The lowest BCUT2D eigenvalue weighted by molar-refractivity contribution is -0.0627. The van der Waals surface area contributed by atoms with Crippen LogP contribution >= 0.6 is 0 Å². The zero-order valence-electron chi connectivity index (χ0n) is 14.4. The van der Waals surface area contributed by atoms with E-state index in [0.717, 1.165) is 32.2 Å². The molecule has 0 N–H and O–H groups in total. The molecule has 1 radical (unpaired) electrons. The average Bonchev–Trinajstić information content (AvgIpc) is 2.52. The minimum atomic E-state index is 0.452.